The van der Waals surface area contributed by atoms with Gasteiger partial charge in [-0.05, 0) is 56.2 Å². The number of carboxylic acid groups (broad SMARTS) is 1. The van der Waals surface area contributed by atoms with Gasteiger partial charge in [-0.2, -0.15) is 0 Å². The van der Waals surface area contributed by atoms with Crippen molar-refractivity contribution in [1.29, 1.82) is 0 Å². The molecule has 2 atom stereocenters. The van der Waals surface area contributed by atoms with Crippen molar-refractivity contribution >= 4 is 21.1 Å². The molecule has 2 unspecified atom stereocenters. The molecule has 5 heteroatoms. The van der Waals surface area contributed by atoms with E-state index in [-0.39, 0.29) is 8.81 Å². The number of carbonyl (C=O) groups excluding carboxylic acids is 1. The summed E-state index contributed by atoms with van der Waals surface area (Å²) in [6.07, 6.45) is 9.93. The molecule has 4 nitrogen and oxygen atoms in total. The van der Waals surface area contributed by atoms with E-state index in [0.717, 1.165) is 19.1 Å². The number of hydrogen-bond acceptors (Lipinski definition) is 3. The van der Waals surface area contributed by atoms with Gasteiger partial charge in [-0.3, -0.25) is 4.79 Å². The topological polar surface area (TPSA) is 74.6 Å². The van der Waals surface area contributed by atoms with E-state index in [1.165, 1.54) is 44.6 Å². The van der Waals surface area contributed by atoms with Gasteiger partial charge in [-0.15, -0.1) is 0 Å². The molecule has 2 rings (SSSR count). The first-order chi connectivity index (χ1) is 13.3. The molecule has 1 aromatic carbocycles. The summed E-state index contributed by atoms with van der Waals surface area (Å²) in [4.78, 5) is 26.4. The summed E-state index contributed by atoms with van der Waals surface area (Å²) in [7, 11) is 0.0833. The van der Waals surface area contributed by atoms with Crippen molar-refractivity contribution in [3.8, 4) is 0 Å². The van der Waals surface area contributed by atoms with Gasteiger partial charge < -0.3 is 14.8 Å². The van der Waals surface area contributed by atoms with Gasteiger partial charge in [0.2, 0.25) is 0 Å². The number of aliphatic carboxylic acids is 1. The Morgan fingerprint density at radius 3 is 2.11 bits per heavy atom. The van der Waals surface area contributed by atoms with Crippen LogP contribution < -0.4 is 0 Å². The molecule has 0 spiro atoms. The highest BCUT2D eigenvalue weighted by molar-refractivity contribution is 7.29. The van der Waals surface area contributed by atoms with E-state index < -0.39 is 5.97 Å². The molecular weight excluding hydrogens is 371 g/mol. The predicted molar refractivity (Wildman–Crippen MR) is 121 cm³/mol. The van der Waals surface area contributed by atoms with Crippen LogP contribution in [-0.4, -0.2) is 28.9 Å². The van der Waals surface area contributed by atoms with E-state index in [9.17, 15) is 4.79 Å². The molecular formula is C23H41O4P. The highest BCUT2D eigenvalue weighted by Crippen LogP contribution is 2.40. The second kappa shape index (κ2) is 19.1. The largest absolute Gasteiger partial charge is 0.481 e. The molecule has 162 valence electrons. The Bertz CT molecular complexity index is 485. The molecule has 0 radical (unpaired) electrons. The lowest BCUT2D eigenvalue weighted by atomic mass is 9.82. The first-order valence-electron chi connectivity index (χ1n) is 10.2. The zero-order valence-corrected chi connectivity index (χ0v) is 19.4. The zero-order valence-electron chi connectivity index (χ0n) is 18.4. The number of benzene rings is 1. The molecule has 0 amide bonds. The molecule has 2 N–H and O–H groups in total. The van der Waals surface area contributed by atoms with Crippen molar-refractivity contribution in [1.82, 2.24) is 0 Å². The molecule has 0 bridgehead atoms. The third kappa shape index (κ3) is 18.1. The van der Waals surface area contributed by atoms with Crippen LogP contribution in [0.3, 0.4) is 0 Å². The van der Waals surface area contributed by atoms with Crippen LogP contribution in [0.1, 0.15) is 78.2 Å². The lowest BCUT2D eigenvalue weighted by Gasteiger charge is -2.23. The summed E-state index contributed by atoms with van der Waals surface area (Å²) >= 11 is 0. The van der Waals surface area contributed by atoms with Gasteiger partial charge in [0.15, 0.2) is 0 Å². The Kier molecular flexibility index (Phi) is 19.7. The Morgan fingerprint density at radius 2 is 1.71 bits per heavy atom. The molecule has 1 saturated carbocycles. The summed E-state index contributed by atoms with van der Waals surface area (Å²) in [5.41, 5.74) is 2.10. The van der Waals surface area contributed by atoms with Gasteiger partial charge in [-0.25, -0.2) is 0 Å². The van der Waals surface area contributed by atoms with Crippen LogP contribution in [0.25, 0.3) is 0 Å². The molecule has 0 aromatic heterocycles. The average Bonchev–Trinajstić information content (AvgIpc) is 3.08. The summed E-state index contributed by atoms with van der Waals surface area (Å²) in [5.74, 6) is -0.128. The number of carboxylic acids is 1. The van der Waals surface area contributed by atoms with E-state index in [4.69, 9.17) is 14.8 Å². The van der Waals surface area contributed by atoms with Crippen LogP contribution in [0.2, 0.25) is 0 Å². The third-order valence-corrected chi connectivity index (χ3v) is 4.83. The number of aldehydes is 1. The van der Waals surface area contributed by atoms with Crippen molar-refractivity contribution in [2.75, 3.05) is 6.66 Å². The maximum Gasteiger partial charge on any atom is 0.303 e. The Hall–Kier alpha value is -1.25. The Balaban J connectivity index is 0. The van der Waals surface area contributed by atoms with Crippen molar-refractivity contribution < 1.29 is 19.6 Å². The summed E-state index contributed by atoms with van der Waals surface area (Å²) in [6.45, 7) is 9.74. The normalized spacial score (nSPS) is 15.2. The molecule has 0 aliphatic heterocycles. The highest BCUT2D eigenvalue weighted by atomic mass is 31.1. The van der Waals surface area contributed by atoms with E-state index in [0.29, 0.717) is 17.8 Å². The third-order valence-electron chi connectivity index (χ3n) is 4.83. The fraction of sp³-hybridized carbons (Fsp3) is 0.652. The Morgan fingerprint density at radius 1 is 1.25 bits per heavy atom. The van der Waals surface area contributed by atoms with Crippen LogP contribution in [0.4, 0.5) is 0 Å². The first-order valence-corrected chi connectivity index (χ1v) is 11.7. The van der Waals surface area contributed by atoms with E-state index in [1.54, 1.807) is 6.66 Å². The second-order valence-corrected chi connectivity index (χ2v) is 8.03. The number of hydrogen-bond donors (Lipinski definition) is 2. The number of carbonyl (C=O) groups is 2. The van der Waals surface area contributed by atoms with Gasteiger partial charge in [-0.1, -0.05) is 70.4 Å². The van der Waals surface area contributed by atoms with Gasteiger partial charge in [0.1, 0.15) is 6.29 Å². The molecule has 28 heavy (non-hydrogen) atoms. The van der Waals surface area contributed by atoms with Gasteiger partial charge in [0.05, 0.1) is 0 Å². The quantitative estimate of drug-likeness (QED) is 0.436. The maximum absolute atomic E-state index is 10.0. The summed E-state index contributed by atoms with van der Waals surface area (Å²) < 4.78 is 0. The minimum absolute atomic E-state index is 0.0833. The van der Waals surface area contributed by atoms with Crippen molar-refractivity contribution in [3.63, 3.8) is 0 Å². The predicted octanol–water partition coefficient (Wildman–Crippen LogP) is 6.11. The van der Waals surface area contributed by atoms with Crippen molar-refractivity contribution in [2.24, 2.45) is 11.3 Å². The van der Waals surface area contributed by atoms with Crippen molar-refractivity contribution in [3.05, 3.63) is 35.9 Å². The minimum atomic E-state index is -0.685. The zero-order chi connectivity index (χ0) is 21.8. The van der Waals surface area contributed by atoms with Crippen LogP contribution in [0.15, 0.2) is 30.3 Å². The van der Waals surface area contributed by atoms with Gasteiger partial charge >= 0.3 is 5.97 Å². The lowest BCUT2D eigenvalue weighted by molar-refractivity contribution is -0.137. The van der Waals surface area contributed by atoms with Crippen LogP contribution in [-0.2, 0) is 16.0 Å². The van der Waals surface area contributed by atoms with Gasteiger partial charge in [0.25, 0.3) is 0 Å². The fourth-order valence-corrected chi connectivity index (χ4v) is 3.07. The molecule has 1 aliphatic rings. The lowest BCUT2D eigenvalue weighted by Crippen LogP contribution is -2.14. The van der Waals surface area contributed by atoms with E-state index >= 15 is 0 Å². The summed E-state index contributed by atoms with van der Waals surface area (Å²) in [6, 6.07) is 10.9. The minimum Gasteiger partial charge on any atom is -0.481 e. The molecule has 0 saturated heterocycles. The molecule has 1 aromatic rings. The fourth-order valence-electron chi connectivity index (χ4n) is 3.07. The molecule has 1 fully saturated rings. The highest BCUT2D eigenvalue weighted by Gasteiger charge is 2.28. The second-order valence-electron chi connectivity index (χ2n) is 7.59. The van der Waals surface area contributed by atoms with Crippen molar-refractivity contribution in [2.45, 2.75) is 79.1 Å². The number of rotatable bonds is 6. The monoisotopic (exact) mass is 412 g/mol. The van der Waals surface area contributed by atoms with E-state index in [2.05, 4.69) is 51.1 Å². The Labute approximate surface area is 174 Å². The van der Waals surface area contributed by atoms with Crippen LogP contribution in [0, 0.1) is 11.3 Å². The molecule has 0 heterocycles. The van der Waals surface area contributed by atoms with Crippen LogP contribution >= 0.6 is 8.81 Å². The summed E-state index contributed by atoms with van der Waals surface area (Å²) in [5, 5.41) is 8.26. The standard InChI is InChI=1S/C13H18.C7H14O2.C2H4O.CH5OP/c1-13(9-5-6-10-13)11-12-7-3-2-4-8-12;1-3-6(2)4-5-7(8)9;1-2-3;1-3-2/h2-4,7-8H,5-6,9-11H2,1H3;6H,3-5H2,1-2H3,(H,8,9);2H,1H3;2-3H,1H3. The van der Waals surface area contributed by atoms with Crippen LogP contribution in [0.5, 0.6) is 0 Å². The smallest absolute Gasteiger partial charge is 0.303 e. The average molecular weight is 413 g/mol. The maximum atomic E-state index is 10.0. The van der Waals surface area contributed by atoms with E-state index in [1.807, 2.05) is 0 Å². The van der Waals surface area contributed by atoms with Gasteiger partial charge in [0, 0.05) is 15.2 Å². The SMILES string of the molecule is CC1(Cc2ccccc2)CCCC1.CC=O.CCC(C)CCC(=O)O.CPO. The first kappa shape index (κ1) is 29.0. The molecule has 1 aliphatic carbocycles.